The van der Waals surface area contributed by atoms with E-state index in [9.17, 15) is 4.79 Å². The third-order valence-electron chi connectivity index (χ3n) is 5.05. The second kappa shape index (κ2) is 8.18. The lowest BCUT2D eigenvalue weighted by Gasteiger charge is -2.20. The molecular formula is C24H27NO. The highest BCUT2D eigenvalue weighted by atomic mass is 16.1. The molecule has 0 heterocycles. The summed E-state index contributed by atoms with van der Waals surface area (Å²) in [4.78, 5) is 12.6. The molecule has 0 aromatic heterocycles. The molecule has 26 heavy (non-hydrogen) atoms. The van der Waals surface area contributed by atoms with Crippen molar-refractivity contribution in [1.29, 1.82) is 0 Å². The largest absolute Gasteiger partial charge is 0.349 e. The Kier molecular flexibility index (Phi) is 5.72. The van der Waals surface area contributed by atoms with Crippen molar-refractivity contribution in [3.05, 3.63) is 82.9 Å². The Morgan fingerprint density at radius 3 is 2.54 bits per heavy atom. The van der Waals surface area contributed by atoms with Gasteiger partial charge in [0.1, 0.15) is 0 Å². The lowest BCUT2D eigenvalue weighted by atomic mass is 9.97. The maximum Gasteiger partial charge on any atom is 0.220 e. The maximum absolute atomic E-state index is 12.6. The zero-order valence-electron chi connectivity index (χ0n) is 15.9. The number of carbonyl (C=O) groups excluding carboxylic acids is 1. The van der Waals surface area contributed by atoms with Crippen LogP contribution in [-0.2, 0) is 11.2 Å². The highest BCUT2D eigenvalue weighted by molar-refractivity contribution is 5.86. The van der Waals surface area contributed by atoms with Gasteiger partial charge in [-0.2, -0.15) is 0 Å². The van der Waals surface area contributed by atoms with Gasteiger partial charge in [0.2, 0.25) is 5.91 Å². The predicted octanol–water partition coefficient (Wildman–Crippen LogP) is 5.66. The van der Waals surface area contributed by atoms with Crippen molar-refractivity contribution >= 4 is 16.7 Å². The smallest absolute Gasteiger partial charge is 0.220 e. The van der Waals surface area contributed by atoms with Crippen LogP contribution in [-0.4, -0.2) is 5.91 Å². The van der Waals surface area contributed by atoms with Gasteiger partial charge in [0.25, 0.3) is 0 Å². The van der Waals surface area contributed by atoms with E-state index in [1.54, 1.807) is 0 Å². The van der Waals surface area contributed by atoms with Gasteiger partial charge in [-0.3, -0.25) is 4.79 Å². The number of hydrogen-bond acceptors (Lipinski definition) is 1. The van der Waals surface area contributed by atoms with Crippen LogP contribution in [0.3, 0.4) is 0 Å². The third-order valence-corrected chi connectivity index (χ3v) is 5.05. The van der Waals surface area contributed by atoms with E-state index in [0.717, 1.165) is 12.8 Å². The molecule has 0 saturated carbocycles. The van der Waals surface area contributed by atoms with Crippen molar-refractivity contribution in [1.82, 2.24) is 5.32 Å². The van der Waals surface area contributed by atoms with E-state index in [1.807, 2.05) is 0 Å². The topological polar surface area (TPSA) is 29.1 Å². The molecule has 2 heteroatoms. The van der Waals surface area contributed by atoms with Crippen molar-refractivity contribution in [2.45, 2.75) is 46.1 Å². The molecule has 0 aliphatic heterocycles. The molecule has 3 aromatic carbocycles. The fraction of sp³-hybridized carbons (Fsp3) is 0.292. The summed E-state index contributed by atoms with van der Waals surface area (Å²) < 4.78 is 0. The molecule has 1 N–H and O–H groups in total. The summed E-state index contributed by atoms with van der Waals surface area (Å²) in [5, 5.41) is 5.69. The molecular weight excluding hydrogens is 318 g/mol. The zero-order valence-corrected chi connectivity index (χ0v) is 15.9. The minimum Gasteiger partial charge on any atom is -0.349 e. The highest BCUT2D eigenvalue weighted by Gasteiger charge is 2.15. The molecule has 0 spiro atoms. The van der Waals surface area contributed by atoms with E-state index in [2.05, 4.69) is 86.8 Å². The summed E-state index contributed by atoms with van der Waals surface area (Å²) in [6, 6.07) is 21.2. The molecule has 1 amide bonds. The van der Waals surface area contributed by atoms with Gasteiger partial charge >= 0.3 is 0 Å². The van der Waals surface area contributed by atoms with Crippen LogP contribution < -0.4 is 5.32 Å². The number of aryl methyl sites for hydroxylation is 3. The molecule has 3 rings (SSSR count). The zero-order chi connectivity index (χ0) is 18.5. The number of benzene rings is 3. The number of fused-ring (bicyclic) bond motifs is 1. The first-order valence-corrected chi connectivity index (χ1v) is 9.41. The Hall–Kier alpha value is -2.61. The first-order valence-electron chi connectivity index (χ1n) is 9.41. The van der Waals surface area contributed by atoms with Crippen molar-refractivity contribution in [2.75, 3.05) is 0 Å². The van der Waals surface area contributed by atoms with Gasteiger partial charge in [-0.15, -0.1) is 0 Å². The summed E-state index contributed by atoms with van der Waals surface area (Å²) in [5.41, 5.74) is 4.95. The number of nitrogens with one attached hydrogen (secondary N) is 1. The van der Waals surface area contributed by atoms with Crippen molar-refractivity contribution in [3.63, 3.8) is 0 Å². The Morgan fingerprint density at radius 2 is 1.77 bits per heavy atom. The molecule has 0 saturated heterocycles. The van der Waals surface area contributed by atoms with Gasteiger partial charge in [-0.05, 0) is 54.2 Å². The fourth-order valence-corrected chi connectivity index (χ4v) is 3.64. The van der Waals surface area contributed by atoms with E-state index in [0.29, 0.717) is 6.42 Å². The van der Waals surface area contributed by atoms with Crippen LogP contribution in [0.5, 0.6) is 0 Å². The van der Waals surface area contributed by atoms with Gasteiger partial charge in [0.05, 0.1) is 6.04 Å². The summed E-state index contributed by atoms with van der Waals surface area (Å²) in [6.45, 7) is 6.34. The van der Waals surface area contributed by atoms with Gasteiger partial charge in [0, 0.05) is 6.42 Å². The van der Waals surface area contributed by atoms with E-state index >= 15 is 0 Å². The van der Waals surface area contributed by atoms with Crippen LogP contribution >= 0.6 is 0 Å². The summed E-state index contributed by atoms with van der Waals surface area (Å²) in [6.07, 6.45) is 2.16. The molecule has 0 radical (unpaired) electrons. The van der Waals surface area contributed by atoms with Crippen LogP contribution in [0, 0.1) is 13.8 Å². The van der Waals surface area contributed by atoms with Crippen LogP contribution in [0.2, 0.25) is 0 Å². The quantitative estimate of drug-likeness (QED) is 0.614. The SMILES string of the molecule is CC[C@@H](NC(=O)CCc1cccc2ccccc12)c1ccc(C)cc1C. The minimum atomic E-state index is 0.0793. The molecule has 134 valence electrons. The van der Waals surface area contributed by atoms with Gasteiger partial charge in [0.15, 0.2) is 0 Å². The van der Waals surface area contributed by atoms with E-state index in [1.165, 1.54) is 33.0 Å². The van der Waals surface area contributed by atoms with Gasteiger partial charge in [-0.1, -0.05) is 73.2 Å². The standard InChI is InChI=1S/C24H27NO/c1-4-23(21-14-12-17(2)16-18(21)3)25-24(26)15-13-20-10-7-9-19-8-5-6-11-22(19)20/h5-12,14,16,23H,4,13,15H2,1-3H3,(H,25,26)/t23-/m1/s1. The Labute approximate surface area is 156 Å². The normalized spacial score (nSPS) is 12.1. The average molecular weight is 345 g/mol. The van der Waals surface area contributed by atoms with E-state index < -0.39 is 0 Å². The van der Waals surface area contributed by atoms with Crippen LogP contribution in [0.15, 0.2) is 60.7 Å². The summed E-state index contributed by atoms with van der Waals surface area (Å²) >= 11 is 0. The van der Waals surface area contributed by atoms with Gasteiger partial charge < -0.3 is 5.32 Å². The molecule has 0 bridgehead atoms. The molecule has 0 unspecified atom stereocenters. The second-order valence-corrected chi connectivity index (χ2v) is 7.03. The number of carbonyl (C=O) groups is 1. The fourth-order valence-electron chi connectivity index (χ4n) is 3.64. The van der Waals surface area contributed by atoms with Crippen LogP contribution in [0.1, 0.15) is 48.1 Å². The maximum atomic E-state index is 12.6. The number of amides is 1. The minimum absolute atomic E-state index is 0.0793. The molecule has 0 aliphatic rings. The average Bonchev–Trinajstić information content (AvgIpc) is 2.65. The second-order valence-electron chi connectivity index (χ2n) is 7.03. The first-order chi connectivity index (χ1) is 12.6. The predicted molar refractivity (Wildman–Crippen MR) is 109 cm³/mol. The number of hydrogen-bond donors (Lipinski definition) is 1. The third kappa shape index (κ3) is 4.13. The molecule has 0 fully saturated rings. The van der Waals surface area contributed by atoms with Crippen LogP contribution in [0.4, 0.5) is 0 Å². The Balaban J connectivity index is 1.67. The van der Waals surface area contributed by atoms with Crippen molar-refractivity contribution in [2.24, 2.45) is 0 Å². The molecule has 2 nitrogen and oxygen atoms in total. The monoisotopic (exact) mass is 345 g/mol. The highest BCUT2D eigenvalue weighted by Crippen LogP contribution is 2.23. The van der Waals surface area contributed by atoms with E-state index in [-0.39, 0.29) is 11.9 Å². The van der Waals surface area contributed by atoms with Crippen molar-refractivity contribution in [3.8, 4) is 0 Å². The Bertz CT molecular complexity index is 908. The Morgan fingerprint density at radius 1 is 1.00 bits per heavy atom. The van der Waals surface area contributed by atoms with Crippen LogP contribution in [0.25, 0.3) is 10.8 Å². The number of rotatable bonds is 6. The molecule has 3 aromatic rings. The van der Waals surface area contributed by atoms with E-state index in [4.69, 9.17) is 0 Å². The lowest BCUT2D eigenvalue weighted by Crippen LogP contribution is -2.28. The van der Waals surface area contributed by atoms with Crippen molar-refractivity contribution < 1.29 is 4.79 Å². The summed E-state index contributed by atoms with van der Waals surface area (Å²) in [7, 11) is 0. The first kappa shape index (κ1) is 18.2. The van der Waals surface area contributed by atoms with Gasteiger partial charge in [-0.25, -0.2) is 0 Å². The molecule has 0 aliphatic carbocycles. The lowest BCUT2D eigenvalue weighted by molar-refractivity contribution is -0.121. The summed E-state index contributed by atoms with van der Waals surface area (Å²) in [5.74, 6) is 0.116. The molecule has 1 atom stereocenters.